The number of benzene rings is 2. The molecule has 20 heavy (non-hydrogen) atoms. The molecule has 0 spiro atoms. The minimum absolute atomic E-state index is 0.283. The van der Waals surface area contributed by atoms with Gasteiger partial charge in [0, 0.05) is 27.1 Å². The molecule has 0 radical (unpaired) electrons. The van der Waals surface area contributed by atoms with Crippen molar-refractivity contribution in [3.8, 4) is 5.75 Å². The predicted molar refractivity (Wildman–Crippen MR) is 80.9 cm³/mol. The van der Waals surface area contributed by atoms with Gasteiger partial charge in [-0.25, -0.2) is 0 Å². The van der Waals surface area contributed by atoms with Crippen LogP contribution in [0.25, 0.3) is 0 Å². The lowest BCUT2D eigenvalue weighted by Gasteiger charge is -2.30. The number of rotatable bonds is 1. The molecule has 104 valence electrons. The van der Waals surface area contributed by atoms with Crippen LogP contribution in [0.1, 0.15) is 29.8 Å². The molecule has 0 saturated carbocycles. The molecule has 2 nitrogen and oxygen atoms in total. The van der Waals surface area contributed by atoms with E-state index in [1.165, 1.54) is 0 Å². The molecule has 1 aliphatic heterocycles. The lowest BCUT2D eigenvalue weighted by atomic mass is 9.95. The van der Waals surface area contributed by atoms with E-state index in [2.05, 4.69) is 0 Å². The van der Waals surface area contributed by atoms with Gasteiger partial charge in [0.25, 0.3) is 0 Å². The van der Waals surface area contributed by atoms with Gasteiger partial charge in [-0.3, -0.25) is 0 Å². The summed E-state index contributed by atoms with van der Waals surface area (Å²) in [4.78, 5) is 0. The standard InChI is InChI=1S/C15H11Cl3O2/c16-9-1-2-14-12(6-9)13(19)7-15(20-14)8-3-10(17)5-11(18)4-8/h1-6,13,15,19H,7H2/t13-,15?/m0/s1. The Balaban J connectivity index is 1.96. The van der Waals surface area contributed by atoms with E-state index in [0.717, 1.165) is 5.56 Å². The average Bonchev–Trinajstić information content (AvgIpc) is 2.38. The quantitative estimate of drug-likeness (QED) is 0.779. The topological polar surface area (TPSA) is 29.5 Å². The van der Waals surface area contributed by atoms with Gasteiger partial charge in [-0.05, 0) is 42.0 Å². The summed E-state index contributed by atoms with van der Waals surface area (Å²) in [6.07, 6.45) is -0.473. The molecule has 3 rings (SSSR count). The maximum absolute atomic E-state index is 10.3. The van der Waals surface area contributed by atoms with Gasteiger partial charge in [-0.2, -0.15) is 0 Å². The maximum atomic E-state index is 10.3. The first kappa shape index (κ1) is 14.0. The molecule has 1 heterocycles. The van der Waals surface area contributed by atoms with Gasteiger partial charge in [-0.15, -0.1) is 0 Å². The Morgan fingerprint density at radius 3 is 2.35 bits per heavy atom. The third-order valence-electron chi connectivity index (χ3n) is 3.29. The molecule has 0 amide bonds. The Bertz CT molecular complexity index is 637. The van der Waals surface area contributed by atoms with E-state index >= 15 is 0 Å². The summed E-state index contributed by atoms with van der Waals surface area (Å²) >= 11 is 17.9. The van der Waals surface area contributed by atoms with E-state index in [1.807, 2.05) is 0 Å². The van der Waals surface area contributed by atoms with Crippen LogP contribution in [0.3, 0.4) is 0 Å². The van der Waals surface area contributed by atoms with Crippen LogP contribution in [0.15, 0.2) is 36.4 Å². The minimum Gasteiger partial charge on any atom is -0.485 e. The van der Waals surface area contributed by atoms with Crippen molar-refractivity contribution in [3.63, 3.8) is 0 Å². The zero-order valence-electron chi connectivity index (χ0n) is 10.3. The number of aliphatic hydroxyl groups is 1. The van der Waals surface area contributed by atoms with Gasteiger partial charge in [0.15, 0.2) is 0 Å². The highest BCUT2D eigenvalue weighted by atomic mass is 35.5. The molecule has 0 bridgehead atoms. The van der Waals surface area contributed by atoms with Crippen molar-refractivity contribution in [2.75, 3.05) is 0 Å². The Morgan fingerprint density at radius 2 is 1.65 bits per heavy atom. The van der Waals surface area contributed by atoms with Crippen LogP contribution in [0, 0.1) is 0 Å². The van der Waals surface area contributed by atoms with Crippen LogP contribution in [-0.2, 0) is 0 Å². The van der Waals surface area contributed by atoms with Crippen LogP contribution in [0.4, 0.5) is 0 Å². The van der Waals surface area contributed by atoms with E-state index in [4.69, 9.17) is 39.5 Å². The molecule has 1 unspecified atom stereocenters. The van der Waals surface area contributed by atoms with Crippen molar-refractivity contribution in [2.45, 2.75) is 18.6 Å². The first-order chi connectivity index (χ1) is 9.52. The second-order valence-corrected chi connectivity index (χ2v) is 6.05. The highest BCUT2D eigenvalue weighted by molar-refractivity contribution is 6.34. The van der Waals surface area contributed by atoms with Gasteiger partial charge in [0.2, 0.25) is 0 Å². The van der Waals surface area contributed by atoms with Crippen LogP contribution < -0.4 is 4.74 Å². The van der Waals surface area contributed by atoms with Crippen LogP contribution in [0.5, 0.6) is 5.75 Å². The Kier molecular flexibility index (Phi) is 3.83. The summed E-state index contributed by atoms with van der Waals surface area (Å²) < 4.78 is 5.92. The van der Waals surface area contributed by atoms with E-state index in [-0.39, 0.29) is 6.10 Å². The summed E-state index contributed by atoms with van der Waals surface area (Å²) in [7, 11) is 0. The van der Waals surface area contributed by atoms with Crippen molar-refractivity contribution >= 4 is 34.8 Å². The van der Waals surface area contributed by atoms with Crippen LogP contribution >= 0.6 is 34.8 Å². The third-order valence-corrected chi connectivity index (χ3v) is 3.97. The zero-order valence-corrected chi connectivity index (χ0v) is 12.6. The molecule has 0 saturated heterocycles. The molecule has 2 aromatic carbocycles. The first-order valence-electron chi connectivity index (χ1n) is 6.13. The maximum Gasteiger partial charge on any atom is 0.127 e. The van der Waals surface area contributed by atoms with Crippen LogP contribution in [-0.4, -0.2) is 5.11 Å². The first-order valence-corrected chi connectivity index (χ1v) is 7.26. The molecular weight excluding hydrogens is 319 g/mol. The Labute approximate surface area is 131 Å². The molecule has 1 aliphatic rings. The summed E-state index contributed by atoms with van der Waals surface area (Å²) in [5.74, 6) is 0.634. The highest BCUT2D eigenvalue weighted by Gasteiger charge is 2.28. The van der Waals surface area contributed by atoms with Crippen molar-refractivity contribution in [3.05, 3.63) is 62.6 Å². The molecule has 0 fully saturated rings. The lowest BCUT2D eigenvalue weighted by Crippen LogP contribution is -2.19. The second kappa shape index (κ2) is 5.45. The van der Waals surface area contributed by atoms with Gasteiger partial charge in [0.1, 0.15) is 11.9 Å². The normalized spacial score (nSPS) is 21.2. The smallest absolute Gasteiger partial charge is 0.127 e. The largest absolute Gasteiger partial charge is 0.485 e. The van der Waals surface area contributed by atoms with Gasteiger partial charge in [0.05, 0.1) is 6.10 Å². The highest BCUT2D eigenvalue weighted by Crippen LogP contribution is 2.42. The fourth-order valence-electron chi connectivity index (χ4n) is 2.38. The fraction of sp³-hybridized carbons (Fsp3) is 0.200. The Hall–Kier alpha value is -0.930. The third kappa shape index (κ3) is 2.75. The molecule has 2 atom stereocenters. The van der Waals surface area contributed by atoms with Crippen molar-refractivity contribution < 1.29 is 9.84 Å². The van der Waals surface area contributed by atoms with Gasteiger partial charge >= 0.3 is 0 Å². The summed E-state index contributed by atoms with van der Waals surface area (Å²) in [5, 5.41) is 11.9. The SMILES string of the molecule is O[C@H]1CC(c2cc(Cl)cc(Cl)c2)Oc2ccc(Cl)cc21. The van der Waals surface area contributed by atoms with E-state index in [9.17, 15) is 5.11 Å². The number of fused-ring (bicyclic) bond motifs is 1. The predicted octanol–water partition coefficient (Wildman–Crippen LogP) is 5.20. The van der Waals surface area contributed by atoms with Gasteiger partial charge < -0.3 is 9.84 Å². The van der Waals surface area contributed by atoms with E-state index in [1.54, 1.807) is 36.4 Å². The fourth-order valence-corrected chi connectivity index (χ4v) is 3.11. The van der Waals surface area contributed by atoms with E-state index < -0.39 is 6.10 Å². The number of aliphatic hydroxyl groups excluding tert-OH is 1. The number of hydrogen-bond donors (Lipinski definition) is 1. The second-order valence-electron chi connectivity index (χ2n) is 4.74. The number of halogens is 3. The zero-order chi connectivity index (χ0) is 14.3. The summed E-state index contributed by atoms with van der Waals surface area (Å²) in [5.41, 5.74) is 1.56. The molecule has 5 heteroatoms. The number of ether oxygens (including phenoxy) is 1. The summed E-state index contributed by atoms with van der Waals surface area (Å²) in [6.45, 7) is 0. The molecule has 1 N–H and O–H groups in total. The summed E-state index contributed by atoms with van der Waals surface area (Å²) in [6, 6.07) is 10.5. The number of hydrogen-bond acceptors (Lipinski definition) is 2. The molecular formula is C15H11Cl3O2. The van der Waals surface area contributed by atoms with E-state index in [0.29, 0.717) is 32.8 Å². The molecule has 0 aliphatic carbocycles. The monoisotopic (exact) mass is 328 g/mol. The molecule has 0 aromatic heterocycles. The van der Waals surface area contributed by atoms with Crippen molar-refractivity contribution in [1.29, 1.82) is 0 Å². The van der Waals surface area contributed by atoms with Crippen molar-refractivity contribution in [2.24, 2.45) is 0 Å². The van der Waals surface area contributed by atoms with Crippen molar-refractivity contribution in [1.82, 2.24) is 0 Å². The molecule has 2 aromatic rings. The average molecular weight is 330 g/mol. The Morgan fingerprint density at radius 1 is 0.950 bits per heavy atom. The lowest BCUT2D eigenvalue weighted by molar-refractivity contribution is 0.0657. The minimum atomic E-state index is -0.625. The van der Waals surface area contributed by atoms with Gasteiger partial charge in [-0.1, -0.05) is 34.8 Å². The van der Waals surface area contributed by atoms with Crippen LogP contribution in [0.2, 0.25) is 15.1 Å².